The van der Waals surface area contributed by atoms with Crippen molar-refractivity contribution in [2.75, 3.05) is 18.9 Å². The number of tetrazole rings is 1. The molecule has 0 unspecified atom stereocenters. The maximum atomic E-state index is 12.0. The lowest BCUT2D eigenvalue weighted by Gasteiger charge is -2.08. The maximum absolute atomic E-state index is 12.0. The second-order valence-corrected chi connectivity index (χ2v) is 6.45. The van der Waals surface area contributed by atoms with E-state index >= 15 is 0 Å². The van der Waals surface area contributed by atoms with Crippen LogP contribution in [0.2, 0.25) is 0 Å². The van der Waals surface area contributed by atoms with Crippen LogP contribution < -0.4 is 10.1 Å². The predicted octanol–water partition coefficient (Wildman–Crippen LogP) is 2.26. The van der Waals surface area contributed by atoms with Crippen LogP contribution in [0.1, 0.15) is 5.56 Å². The highest BCUT2D eigenvalue weighted by Gasteiger charge is 2.11. The van der Waals surface area contributed by atoms with Crippen molar-refractivity contribution < 1.29 is 9.53 Å². The number of aromatic nitrogens is 4. The summed E-state index contributed by atoms with van der Waals surface area (Å²) in [6.45, 7) is 2.87. The van der Waals surface area contributed by atoms with Gasteiger partial charge in [-0.1, -0.05) is 42.1 Å². The first-order valence-electron chi connectivity index (χ1n) is 8.15. The molecule has 0 saturated carbocycles. The largest absolute Gasteiger partial charge is 0.492 e. The molecule has 0 spiro atoms. The number of hydrogen-bond donors (Lipinski definition) is 1. The van der Waals surface area contributed by atoms with Crippen LogP contribution in [0.5, 0.6) is 5.75 Å². The van der Waals surface area contributed by atoms with E-state index in [1.807, 2.05) is 61.5 Å². The zero-order valence-electron chi connectivity index (χ0n) is 14.3. The van der Waals surface area contributed by atoms with Crippen LogP contribution in [0, 0.1) is 6.92 Å². The molecule has 0 radical (unpaired) electrons. The van der Waals surface area contributed by atoms with Gasteiger partial charge in [0.05, 0.1) is 18.0 Å². The molecule has 134 valence electrons. The molecule has 0 saturated heterocycles. The number of para-hydroxylation sites is 1. The monoisotopic (exact) mass is 369 g/mol. The molecule has 0 aliphatic carbocycles. The molecule has 3 aromatic rings. The van der Waals surface area contributed by atoms with Gasteiger partial charge < -0.3 is 10.1 Å². The van der Waals surface area contributed by atoms with Crippen LogP contribution in [0.4, 0.5) is 0 Å². The number of nitrogens with zero attached hydrogens (tertiary/aromatic N) is 4. The Morgan fingerprint density at radius 2 is 2.04 bits per heavy atom. The normalized spacial score (nSPS) is 10.5. The number of aryl methyl sites for hydroxylation is 1. The Labute approximate surface area is 155 Å². The SMILES string of the molecule is Cc1cccc(OCCNC(=O)CSc2nnnn2-c2ccccc2)c1. The van der Waals surface area contributed by atoms with Gasteiger partial charge in [0.1, 0.15) is 12.4 Å². The molecule has 8 heteroatoms. The molecule has 2 aromatic carbocycles. The number of amides is 1. The summed E-state index contributed by atoms with van der Waals surface area (Å²) in [6.07, 6.45) is 0. The molecule has 3 rings (SSSR count). The third-order valence-electron chi connectivity index (χ3n) is 3.46. The Morgan fingerprint density at radius 3 is 2.85 bits per heavy atom. The highest BCUT2D eigenvalue weighted by Crippen LogP contribution is 2.17. The summed E-state index contributed by atoms with van der Waals surface area (Å²) in [4.78, 5) is 12.0. The van der Waals surface area contributed by atoms with E-state index in [0.717, 1.165) is 17.0 Å². The summed E-state index contributed by atoms with van der Waals surface area (Å²) >= 11 is 1.29. The van der Waals surface area contributed by atoms with Gasteiger partial charge in [0.25, 0.3) is 0 Å². The van der Waals surface area contributed by atoms with Crippen LogP contribution in [0.25, 0.3) is 5.69 Å². The van der Waals surface area contributed by atoms with Crippen molar-refractivity contribution in [3.8, 4) is 11.4 Å². The van der Waals surface area contributed by atoms with Crippen LogP contribution in [-0.4, -0.2) is 45.0 Å². The third kappa shape index (κ3) is 5.06. The molecule has 0 aliphatic rings. The van der Waals surface area contributed by atoms with Crippen molar-refractivity contribution in [3.63, 3.8) is 0 Å². The Hall–Kier alpha value is -2.87. The molecular weight excluding hydrogens is 350 g/mol. The number of ether oxygens (including phenoxy) is 1. The summed E-state index contributed by atoms with van der Waals surface area (Å²) in [6, 6.07) is 17.4. The van der Waals surface area contributed by atoms with Crippen molar-refractivity contribution >= 4 is 17.7 Å². The Bertz CT molecular complexity index is 854. The van der Waals surface area contributed by atoms with E-state index in [9.17, 15) is 4.79 Å². The third-order valence-corrected chi connectivity index (χ3v) is 4.38. The van der Waals surface area contributed by atoms with Gasteiger partial charge in [-0.2, -0.15) is 4.68 Å². The molecule has 7 nitrogen and oxygen atoms in total. The van der Waals surface area contributed by atoms with Crippen LogP contribution in [0.15, 0.2) is 59.8 Å². The number of benzene rings is 2. The lowest BCUT2D eigenvalue weighted by atomic mass is 10.2. The van der Waals surface area contributed by atoms with E-state index < -0.39 is 0 Å². The van der Waals surface area contributed by atoms with Gasteiger partial charge in [0.15, 0.2) is 0 Å². The fourth-order valence-corrected chi connectivity index (χ4v) is 2.97. The smallest absolute Gasteiger partial charge is 0.230 e. The lowest BCUT2D eigenvalue weighted by molar-refractivity contribution is -0.118. The van der Waals surface area contributed by atoms with Gasteiger partial charge in [-0.15, -0.1) is 5.10 Å². The van der Waals surface area contributed by atoms with Gasteiger partial charge in [-0.05, 0) is 47.2 Å². The van der Waals surface area contributed by atoms with Gasteiger partial charge in [-0.25, -0.2) is 0 Å². The maximum Gasteiger partial charge on any atom is 0.230 e. The first-order chi connectivity index (χ1) is 12.7. The molecular formula is C18H19N5O2S. The lowest BCUT2D eigenvalue weighted by Crippen LogP contribution is -2.29. The van der Waals surface area contributed by atoms with Crippen molar-refractivity contribution in [2.45, 2.75) is 12.1 Å². The second kappa shape index (κ2) is 9.00. The van der Waals surface area contributed by atoms with Crippen LogP contribution >= 0.6 is 11.8 Å². The van der Waals surface area contributed by atoms with Gasteiger partial charge in [0, 0.05) is 0 Å². The number of nitrogens with one attached hydrogen (secondary N) is 1. The van der Waals surface area contributed by atoms with Crippen LogP contribution in [-0.2, 0) is 4.79 Å². The topological polar surface area (TPSA) is 81.9 Å². The molecule has 1 amide bonds. The number of rotatable bonds is 8. The predicted molar refractivity (Wildman–Crippen MR) is 99.6 cm³/mol. The van der Waals surface area contributed by atoms with Crippen molar-refractivity contribution in [3.05, 3.63) is 60.2 Å². The zero-order valence-corrected chi connectivity index (χ0v) is 15.1. The van der Waals surface area contributed by atoms with E-state index in [4.69, 9.17) is 4.74 Å². The van der Waals surface area contributed by atoms with Crippen molar-refractivity contribution in [2.24, 2.45) is 0 Å². The average Bonchev–Trinajstić information content (AvgIpc) is 3.13. The number of carbonyl (C=O) groups is 1. The first-order valence-corrected chi connectivity index (χ1v) is 9.14. The zero-order chi connectivity index (χ0) is 18.2. The molecule has 0 bridgehead atoms. The van der Waals surface area contributed by atoms with E-state index in [1.54, 1.807) is 4.68 Å². The Balaban J connectivity index is 1.42. The molecule has 1 heterocycles. The minimum atomic E-state index is -0.0922. The summed E-state index contributed by atoms with van der Waals surface area (Å²) in [7, 11) is 0. The highest BCUT2D eigenvalue weighted by molar-refractivity contribution is 7.99. The molecule has 0 atom stereocenters. The quantitative estimate of drug-likeness (QED) is 0.484. The van der Waals surface area contributed by atoms with Gasteiger partial charge in [-0.3, -0.25) is 4.79 Å². The van der Waals surface area contributed by atoms with E-state index in [-0.39, 0.29) is 11.7 Å². The fraction of sp³-hybridized carbons (Fsp3) is 0.222. The van der Waals surface area contributed by atoms with Crippen molar-refractivity contribution in [1.29, 1.82) is 0 Å². The summed E-state index contributed by atoms with van der Waals surface area (Å²) < 4.78 is 7.22. The Kier molecular flexibility index (Phi) is 6.21. The summed E-state index contributed by atoms with van der Waals surface area (Å²) in [5.41, 5.74) is 1.99. The second-order valence-electron chi connectivity index (χ2n) is 5.51. The molecule has 0 aliphatic heterocycles. The minimum Gasteiger partial charge on any atom is -0.492 e. The molecule has 1 aromatic heterocycles. The average molecular weight is 369 g/mol. The number of carbonyl (C=O) groups excluding carboxylic acids is 1. The fourth-order valence-electron chi connectivity index (χ4n) is 2.25. The minimum absolute atomic E-state index is 0.0922. The van der Waals surface area contributed by atoms with E-state index in [1.165, 1.54) is 11.8 Å². The Morgan fingerprint density at radius 1 is 1.19 bits per heavy atom. The van der Waals surface area contributed by atoms with E-state index in [2.05, 4.69) is 20.8 Å². The van der Waals surface area contributed by atoms with Crippen molar-refractivity contribution in [1.82, 2.24) is 25.5 Å². The highest BCUT2D eigenvalue weighted by atomic mass is 32.2. The van der Waals surface area contributed by atoms with Crippen LogP contribution in [0.3, 0.4) is 0 Å². The summed E-state index contributed by atoms with van der Waals surface area (Å²) in [5.74, 6) is 0.943. The first kappa shape index (κ1) is 17.9. The summed E-state index contributed by atoms with van der Waals surface area (Å²) in [5, 5.41) is 15.0. The molecule has 26 heavy (non-hydrogen) atoms. The molecule has 1 N–H and O–H groups in total. The standard InChI is InChI=1S/C18H19N5O2S/c1-14-6-5-9-16(12-14)25-11-10-19-17(24)13-26-18-20-21-22-23(18)15-7-3-2-4-8-15/h2-9,12H,10-11,13H2,1H3,(H,19,24). The van der Waals surface area contributed by atoms with Gasteiger partial charge >= 0.3 is 0 Å². The molecule has 0 fully saturated rings. The number of hydrogen-bond acceptors (Lipinski definition) is 6. The number of thioether (sulfide) groups is 1. The van der Waals surface area contributed by atoms with E-state index in [0.29, 0.717) is 18.3 Å². The van der Waals surface area contributed by atoms with Gasteiger partial charge in [0.2, 0.25) is 11.1 Å².